The Morgan fingerprint density at radius 3 is 2.92 bits per heavy atom. The third-order valence-electron chi connectivity index (χ3n) is 4.70. The van der Waals surface area contributed by atoms with Crippen LogP contribution in [0.5, 0.6) is 5.75 Å². The van der Waals surface area contributed by atoms with Gasteiger partial charge in [-0.1, -0.05) is 13.3 Å². The van der Waals surface area contributed by atoms with Crippen molar-refractivity contribution in [3.8, 4) is 5.75 Å². The average molecular weight is 344 g/mol. The summed E-state index contributed by atoms with van der Waals surface area (Å²) in [6.07, 6.45) is 7.67. The number of nitrogens with one attached hydrogen (secondary N) is 2. The van der Waals surface area contributed by atoms with Crippen LogP contribution in [0.4, 0.5) is 0 Å². The Labute approximate surface area is 146 Å². The highest BCUT2D eigenvalue weighted by atomic mass is 16.5. The lowest BCUT2D eigenvalue weighted by atomic mass is 9.75. The third kappa shape index (κ3) is 3.82. The Balaban J connectivity index is 1.82. The molecule has 3 N–H and O–H groups in total. The number of carbonyl (C=O) groups is 1. The molecular formula is C18H24N4O3. The minimum absolute atomic E-state index is 0.161. The Bertz CT molecular complexity index is 725. The first kappa shape index (κ1) is 17.4. The SMILES string of the molecule is CCCc1[nH]ncc1C(=O)N[C@@H](c1cncc(OC)c1)C1CC(O)C1. The molecule has 2 aromatic rings. The molecule has 1 saturated carbocycles. The van der Waals surface area contributed by atoms with Gasteiger partial charge in [0.1, 0.15) is 5.75 Å². The highest BCUT2D eigenvalue weighted by Crippen LogP contribution is 2.38. The van der Waals surface area contributed by atoms with E-state index in [1.165, 1.54) is 0 Å². The molecule has 2 aromatic heterocycles. The van der Waals surface area contributed by atoms with Gasteiger partial charge in [-0.15, -0.1) is 0 Å². The van der Waals surface area contributed by atoms with E-state index in [4.69, 9.17) is 4.74 Å². The molecule has 1 amide bonds. The van der Waals surface area contributed by atoms with Crippen LogP contribution in [-0.2, 0) is 6.42 Å². The number of aromatic amines is 1. The Morgan fingerprint density at radius 1 is 1.44 bits per heavy atom. The first-order valence-corrected chi connectivity index (χ1v) is 8.62. The van der Waals surface area contributed by atoms with Crippen molar-refractivity contribution in [3.05, 3.63) is 41.5 Å². The van der Waals surface area contributed by atoms with Crippen molar-refractivity contribution in [3.63, 3.8) is 0 Å². The van der Waals surface area contributed by atoms with Crippen LogP contribution in [0.1, 0.15) is 53.8 Å². The molecule has 7 nitrogen and oxygen atoms in total. The zero-order valence-corrected chi connectivity index (χ0v) is 14.5. The number of pyridine rings is 1. The van der Waals surface area contributed by atoms with Crippen molar-refractivity contribution in [1.82, 2.24) is 20.5 Å². The zero-order chi connectivity index (χ0) is 17.8. The maximum atomic E-state index is 12.8. The van der Waals surface area contributed by atoms with Crippen LogP contribution in [-0.4, -0.2) is 39.4 Å². The van der Waals surface area contributed by atoms with Gasteiger partial charge in [0.25, 0.3) is 5.91 Å². The number of H-pyrrole nitrogens is 1. The Morgan fingerprint density at radius 2 is 2.24 bits per heavy atom. The van der Waals surface area contributed by atoms with Crippen molar-refractivity contribution >= 4 is 5.91 Å². The lowest BCUT2D eigenvalue weighted by Gasteiger charge is -2.38. The summed E-state index contributed by atoms with van der Waals surface area (Å²) in [5, 5.41) is 19.7. The molecule has 0 saturated heterocycles. The van der Waals surface area contributed by atoms with Gasteiger partial charge in [-0.3, -0.25) is 14.9 Å². The number of aromatic nitrogens is 3. The quantitative estimate of drug-likeness (QED) is 0.713. The molecule has 7 heteroatoms. The summed E-state index contributed by atoms with van der Waals surface area (Å²) in [6, 6.07) is 1.66. The number of amides is 1. The highest BCUT2D eigenvalue weighted by molar-refractivity contribution is 5.95. The summed E-state index contributed by atoms with van der Waals surface area (Å²) in [5.74, 6) is 0.660. The van der Waals surface area contributed by atoms with Crippen molar-refractivity contribution in [2.24, 2.45) is 5.92 Å². The Hall–Kier alpha value is -2.41. The van der Waals surface area contributed by atoms with E-state index in [0.717, 1.165) is 24.1 Å². The maximum Gasteiger partial charge on any atom is 0.255 e. The Kier molecular flexibility index (Phi) is 5.33. The van der Waals surface area contributed by atoms with E-state index in [-0.39, 0.29) is 24.0 Å². The number of aliphatic hydroxyl groups excluding tert-OH is 1. The van der Waals surface area contributed by atoms with Gasteiger partial charge in [0, 0.05) is 11.9 Å². The van der Waals surface area contributed by atoms with Crippen molar-refractivity contribution in [1.29, 1.82) is 0 Å². The first-order valence-electron chi connectivity index (χ1n) is 8.62. The summed E-state index contributed by atoms with van der Waals surface area (Å²) in [4.78, 5) is 17.0. The summed E-state index contributed by atoms with van der Waals surface area (Å²) in [7, 11) is 1.59. The van der Waals surface area contributed by atoms with Crippen molar-refractivity contribution < 1.29 is 14.6 Å². The number of methoxy groups -OCH3 is 1. The number of hydrogen-bond donors (Lipinski definition) is 3. The molecule has 0 unspecified atom stereocenters. The summed E-state index contributed by atoms with van der Waals surface area (Å²) < 4.78 is 5.25. The van der Waals surface area contributed by atoms with E-state index in [1.807, 2.05) is 6.07 Å². The number of nitrogens with zero attached hydrogens (tertiary/aromatic N) is 2. The smallest absolute Gasteiger partial charge is 0.255 e. The van der Waals surface area contributed by atoms with E-state index in [0.29, 0.717) is 24.2 Å². The van der Waals surface area contributed by atoms with Crippen LogP contribution >= 0.6 is 0 Å². The summed E-state index contributed by atoms with van der Waals surface area (Å²) >= 11 is 0. The molecule has 0 radical (unpaired) electrons. The van der Waals surface area contributed by atoms with E-state index in [9.17, 15) is 9.90 Å². The number of carbonyl (C=O) groups excluding carboxylic acids is 1. The van der Waals surface area contributed by atoms with Crippen molar-refractivity contribution in [2.45, 2.75) is 44.8 Å². The molecule has 3 rings (SSSR count). The monoisotopic (exact) mass is 344 g/mol. The molecule has 25 heavy (non-hydrogen) atoms. The van der Waals surface area contributed by atoms with Gasteiger partial charge in [-0.2, -0.15) is 5.10 Å². The molecule has 0 aliphatic heterocycles. The molecular weight excluding hydrogens is 320 g/mol. The van der Waals surface area contributed by atoms with E-state index in [2.05, 4.69) is 27.4 Å². The van der Waals surface area contributed by atoms with Gasteiger partial charge < -0.3 is 15.2 Å². The molecule has 1 aliphatic rings. The van der Waals surface area contributed by atoms with Crippen molar-refractivity contribution in [2.75, 3.05) is 7.11 Å². The minimum Gasteiger partial charge on any atom is -0.495 e. The third-order valence-corrected chi connectivity index (χ3v) is 4.70. The number of rotatable bonds is 7. The topological polar surface area (TPSA) is 100 Å². The van der Waals surface area contributed by atoms with Crippen LogP contribution in [0, 0.1) is 5.92 Å². The molecule has 134 valence electrons. The van der Waals surface area contributed by atoms with Gasteiger partial charge in [-0.05, 0) is 36.8 Å². The number of hydrogen-bond acceptors (Lipinski definition) is 5. The fourth-order valence-electron chi connectivity index (χ4n) is 3.26. The lowest BCUT2D eigenvalue weighted by molar-refractivity contribution is 0.0234. The average Bonchev–Trinajstić information content (AvgIpc) is 3.06. The number of ether oxygens (including phenoxy) is 1. The molecule has 0 aromatic carbocycles. The van der Waals surface area contributed by atoms with Gasteiger partial charge in [0.05, 0.1) is 37.2 Å². The lowest BCUT2D eigenvalue weighted by Crippen LogP contribution is -2.41. The van der Waals surface area contributed by atoms with Crippen LogP contribution in [0.2, 0.25) is 0 Å². The van der Waals surface area contributed by atoms with Crippen LogP contribution in [0.15, 0.2) is 24.7 Å². The fraction of sp³-hybridized carbons (Fsp3) is 0.500. The predicted octanol–water partition coefficient (Wildman–Crippen LogP) is 2.01. The summed E-state index contributed by atoms with van der Waals surface area (Å²) in [6.45, 7) is 2.06. The molecule has 0 bridgehead atoms. The standard InChI is InChI=1S/C18H24N4O3/c1-3-4-16-15(10-20-22-16)18(24)21-17(11-5-13(23)6-11)12-7-14(25-2)9-19-8-12/h7-11,13,17,23H,3-6H2,1-2H3,(H,20,22)(H,21,24)/t11?,13?,17-/m1/s1. The van der Waals surface area contributed by atoms with Crippen LogP contribution < -0.4 is 10.1 Å². The normalized spacial score (nSPS) is 20.6. The second-order valence-corrected chi connectivity index (χ2v) is 6.51. The fourth-order valence-corrected chi connectivity index (χ4v) is 3.26. The largest absolute Gasteiger partial charge is 0.495 e. The first-order chi connectivity index (χ1) is 12.1. The predicted molar refractivity (Wildman–Crippen MR) is 92.3 cm³/mol. The second kappa shape index (κ2) is 7.65. The van der Waals surface area contributed by atoms with Gasteiger partial charge >= 0.3 is 0 Å². The maximum absolute atomic E-state index is 12.8. The number of aliphatic hydroxyl groups is 1. The molecule has 0 spiro atoms. The minimum atomic E-state index is -0.299. The molecule has 1 fully saturated rings. The zero-order valence-electron chi connectivity index (χ0n) is 14.5. The van der Waals surface area contributed by atoms with Gasteiger partial charge in [-0.25, -0.2) is 0 Å². The van der Waals surface area contributed by atoms with Gasteiger partial charge in [0.15, 0.2) is 0 Å². The van der Waals surface area contributed by atoms with E-state index in [1.54, 1.807) is 25.7 Å². The molecule has 1 aliphatic carbocycles. The van der Waals surface area contributed by atoms with E-state index < -0.39 is 0 Å². The van der Waals surface area contributed by atoms with Crippen LogP contribution in [0.25, 0.3) is 0 Å². The van der Waals surface area contributed by atoms with Gasteiger partial charge in [0.2, 0.25) is 0 Å². The number of aryl methyl sites for hydroxylation is 1. The van der Waals surface area contributed by atoms with Crippen LogP contribution in [0.3, 0.4) is 0 Å². The highest BCUT2D eigenvalue weighted by Gasteiger charge is 2.36. The second-order valence-electron chi connectivity index (χ2n) is 6.51. The summed E-state index contributed by atoms with van der Waals surface area (Å²) in [5.41, 5.74) is 2.30. The molecule has 1 atom stereocenters. The van der Waals surface area contributed by atoms with E-state index >= 15 is 0 Å². The molecule has 2 heterocycles.